The van der Waals surface area contributed by atoms with E-state index < -0.39 is 0 Å². The normalized spacial score (nSPS) is 12.7. The van der Waals surface area contributed by atoms with Gasteiger partial charge < -0.3 is 9.88 Å². The third-order valence-electron chi connectivity index (χ3n) is 3.19. The quantitative estimate of drug-likeness (QED) is 0.898. The van der Waals surface area contributed by atoms with Gasteiger partial charge in [0.2, 0.25) is 5.91 Å². The number of nitrogens with zero attached hydrogens (tertiary/aromatic N) is 4. The third kappa shape index (κ3) is 3.26. The molecule has 2 aromatic rings. The van der Waals surface area contributed by atoms with Gasteiger partial charge in [0.25, 0.3) is 0 Å². The maximum Gasteiger partial charge on any atom is 0.242 e. The van der Waals surface area contributed by atoms with E-state index in [1.54, 1.807) is 17.1 Å². The number of imidazole rings is 1. The number of amides is 1. The van der Waals surface area contributed by atoms with E-state index in [0.29, 0.717) is 0 Å². The number of carbonyl (C=O) groups is 1. The molecule has 2 aromatic heterocycles. The molecular formula is C14H21N5O. The van der Waals surface area contributed by atoms with E-state index in [0.717, 1.165) is 11.4 Å². The zero-order valence-electron chi connectivity index (χ0n) is 12.4. The fraction of sp³-hybridized carbons (Fsp3) is 0.500. The molecule has 0 spiro atoms. The summed E-state index contributed by atoms with van der Waals surface area (Å²) in [5.74, 6) is 1.07. The summed E-state index contributed by atoms with van der Waals surface area (Å²) < 4.78 is 3.57. The summed E-state index contributed by atoms with van der Waals surface area (Å²) >= 11 is 0. The van der Waals surface area contributed by atoms with Crippen LogP contribution in [-0.2, 0) is 18.4 Å². The van der Waals surface area contributed by atoms with Gasteiger partial charge in [-0.05, 0) is 18.4 Å². The Kier molecular flexibility index (Phi) is 4.22. The summed E-state index contributed by atoms with van der Waals surface area (Å²) in [7, 11) is 1.93. The first-order valence-corrected chi connectivity index (χ1v) is 6.73. The first-order valence-electron chi connectivity index (χ1n) is 6.73. The van der Waals surface area contributed by atoms with Crippen molar-refractivity contribution in [2.24, 2.45) is 13.0 Å². The molecule has 2 rings (SSSR count). The van der Waals surface area contributed by atoms with Crippen molar-refractivity contribution in [3.8, 4) is 0 Å². The minimum atomic E-state index is -0.0980. The number of carbonyl (C=O) groups excluding carboxylic acids is 1. The van der Waals surface area contributed by atoms with Crippen molar-refractivity contribution in [3.63, 3.8) is 0 Å². The van der Waals surface area contributed by atoms with Crippen LogP contribution in [-0.4, -0.2) is 25.2 Å². The van der Waals surface area contributed by atoms with Gasteiger partial charge in [-0.15, -0.1) is 0 Å². The molecule has 0 aromatic carbocycles. The molecule has 6 nitrogen and oxygen atoms in total. The zero-order valence-corrected chi connectivity index (χ0v) is 12.4. The number of hydrogen-bond donors (Lipinski definition) is 1. The molecule has 2 heterocycles. The number of nitrogens with one attached hydrogen (secondary N) is 1. The molecular weight excluding hydrogens is 254 g/mol. The molecule has 6 heteroatoms. The van der Waals surface area contributed by atoms with Crippen LogP contribution in [0, 0.1) is 12.8 Å². The van der Waals surface area contributed by atoms with Crippen molar-refractivity contribution in [1.82, 2.24) is 24.6 Å². The van der Waals surface area contributed by atoms with Crippen molar-refractivity contribution in [2.75, 3.05) is 0 Å². The maximum absolute atomic E-state index is 12.1. The van der Waals surface area contributed by atoms with E-state index in [1.807, 2.05) is 30.9 Å². The van der Waals surface area contributed by atoms with Gasteiger partial charge >= 0.3 is 0 Å². The highest BCUT2D eigenvalue weighted by Gasteiger charge is 2.22. The van der Waals surface area contributed by atoms with E-state index in [9.17, 15) is 4.79 Å². The zero-order chi connectivity index (χ0) is 14.7. The Hall–Kier alpha value is -2.11. The minimum absolute atomic E-state index is 0.0604. The summed E-state index contributed by atoms with van der Waals surface area (Å²) in [6, 6.07) is -0.0980. The molecule has 0 bridgehead atoms. The molecule has 20 heavy (non-hydrogen) atoms. The molecule has 0 aliphatic heterocycles. The Morgan fingerprint density at radius 3 is 2.70 bits per heavy atom. The smallest absolute Gasteiger partial charge is 0.242 e. The Morgan fingerprint density at radius 2 is 2.20 bits per heavy atom. The molecule has 1 atom stereocenters. The molecule has 0 unspecified atom stereocenters. The van der Waals surface area contributed by atoms with Crippen molar-refractivity contribution in [1.29, 1.82) is 0 Å². The monoisotopic (exact) mass is 275 g/mol. The maximum atomic E-state index is 12.1. The van der Waals surface area contributed by atoms with Crippen molar-refractivity contribution < 1.29 is 4.79 Å². The Morgan fingerprint density at radius 1 is 1.45 bits per heavy atom. The predicted octanol–water partition coefficient (Wildman–Crippen LogP) is 1.44. The highest BCUT2D eigenvalue weighted by atomic mass is 16.2. The van der Waals surface area contributed by atoms with Crippen LogP contribution in [0.25, 0.3) is 0 Å². The van der Waals surface area contributed by atoms with Gasteiger partial charge in [0.05, 0.1) is 12.2 Å². The lowest BCUT2D eigenvalue weighted by Crippen LogP contribution is -2.35. The second-order valence-corrected chi connectivity index (χ2v) is 5.40. The Labute approximate surface area is 118 Å². The van der Waals surface area contributed by atoms with E-state index in [1.165, 1.54) is 0 Å². The second kappa shape index (κ2) is 5.90. The lowest BCUT2D eigenvalue weighted by atomic mass is 10.0. The molecule has 1 N–H and O–H groups in total. The van der Waals surface area contributed by atoms with Crippen LogP contribution in [0.2, 0.25) is 0 Å². The van der Waals surface area contributed by atoms with Crippen LogP contribution in [0.15, 0.2) is 24.8 Å². The molecule has 0 aliphatic rings. The average molecular weight is 275 g/mol. The van der Waals surface area contributed by atoms with E-state index in [2.05, 4.69) is 29.2 Å². The van der Waals surface area contributed by atoms with Crippen LogP contribution in [0.1, 0.15) is 31.3 Å². The molecule has 0 saturated carbocycles. The number of aromatic nitrogens is 4. The first kappa shape index (κ1) is 14.3. The largest absolute Gasteiger partial charge is 0.344 e. The molecule has 0 aliphatic carbocycles. The summed E-state index contributed by atoms with van der Waals surface area (Å²) in [5.41, 5.74) is 1.04. The van der Waals surface area contributed by atoms with Crippen LogP contribution in [0.3, 0.4) is 0 Å². The van der Waals surface area contributed by atoms with E-state index in [4.69, 9.17) is 0 Å². The van der Waals surface area contributed by atoms with Crippen LogP contribution >= 0.6 is 0 Å². The van der Waals surface area contributed by atoms with Crippen molar-refractivity contribution in [3.05, 3.63) is 36.2 Å². The lowest BCUT2D eigenvalue weighted by Gasteiger charge is -2.22. The second-order valence-electron chi connectivity index (χ2n) is 5.40. The standard InChI is InChI=1S/C14H21N5O/c1-10(2)13(14-15-5-6-18(14)4)17-12(20)9-19-8-11(3)7-16-19/h5-8,10,13H,9H2,1-4H3,(H,17,20)/t13-/m0/s1. The van der Waals surface area contributed by atoms with Gasteiger partial charge in [0.15, 0.2) is 0 Å². The van der Waals surface area contributed by atoms with Gasteiger partial charge in [-0.3, -0.25) is 9.48 Å². The van der Waals surface area contributed by atoms with Gasteiger partial charge in [0, 0.05) is 25.6 Å². The van der Waals surface area contributed by atoms with Crippen LogP contribution in [0.4, 0.5) is 0 Å². The average Bonchev–Trinajstić information content (AvgIpc) is 2.95. The summed E-state index contributed by atoms with van der Waals surface area (Å²) in [6.07, 6.45) is 7.22. The van der Waals surface area contributed by atoms with E-state index >= 15 is 0 Å². The SMILES string of the molecule is Cc1cnn(CC(=O)N[C@H](c2nccn2C)C(C)C)c1. The number of aryl methyl sites for hydroxylation is 2. The topological polar surface area (TPSA) is 64.7 Å². The Bertz CT molecular complexity index is 584. The van der Waals surface area contributed by atoms with E-state index in [-0.39, 0.29) is 24.4 Å². The third-order valence-corrected chi connectivity index (χ3v) is 3.19. The predicted molar refractivity (Wildman–Crippen MR) is 75.9 cm³/mol. The summed E-state index contributed by atoms with van der Waals surface area (Å²) in [6.45, 7) is 6.31. The molecule has 108 valence electrons. The van der Waals surface area contributed by atoms with Gasteiger partial charge in [0.1, 0.15) is 12.4 Å². The first-order chi connectivity index (χ1) is 9.47. The van der Waals surface area contributed by atoms with Crippen LogP contribution < -0.4 is 5.32 Å². The highest BCUT2D eigenvalue weighted by Crippen LogP contribution is 2.19. The van der Waals surface area contributed by atoms with Gasteiger partial charge in [-0.25, -0.2) is 4.98 Å². The number of rotatable bonds is 5. The molecule has 0 fully saturated rings. The number of hydrogen-bond acceptors (Lipinski definition) is 3. The highest BCUT2D eigenvalue weighted by molar-refractivity contribution is 5.76. The fourth-order valence-corrected chi connectivity index (χ4v) is 2.13. The summed E-state index contributed by atoms with van der Waals surface area (Å²) in [5, 5.41) is 7.16. The van der Waals surface area contributed by atoms with Crippen LogP contribution in [0.5, 0.6) is 0 Å². The lowest BCUT2D eigenvalue weighted by molar-refractivity contribution is -0.123. The summed E-state index contributed by atoms with van der Waals surface area (Å²) in [4.78, 5) is 16.5. The van der Waals surface area contributed by atoms with Crippen molar-refractivity contribution >= 4 is 5.91 Å². The van der Waals surface area contributed by atoms with Gasteiger partial charge in [-0.1, -0.05) is 13.8 Å². The molecule has 1 amide bonds. The fourth-order valence-electron chi connectivity index (χ4n) is 2.13. The molecule has 0 saturated heterocycles. The Balaban J connectivity index is 2.05. The van der Waals surface area contributed by atoms with Gasteiger partial charge in [-0.2, -0.15) is 5.10 Å². The molecule has 0 radical (unpaired) electrons. The minimum Gasteiger partial charge on any atom is -0.344 e. The van der Waals surface area contributed by atoms with Crippen molar-refractivity contribution in [2.45, 2.75) is 33.4 Å².